The van der Waals surface area contributed by atoms with Crippen LogP contribution in [0.3, 0.4) is 0 Å². The molecule has 2 rings (SSSR count). The molecule has 6 nitrogen and oxygen atoms in total. The molecule has 0 aliphatic rings. The van der Waals surface area contributed by atoms with Crippen LogP contribution in [-0.4, -0.2) is 26.5 Å². The summed E-state index contributed by atoms with van der Waals surface area (Å²) < 4.78 is 31.8. The molecule has 0 radical (unpaired) electrons. The quantitative estimate of drug-likeness (QED) is 0.872. The van der Waals surface area contributed by atoms with Crippen LogP contribution in [0.1, 0.15) is 20.8 Å². The van der Waals surface area contributed by atoms with Crippen molar-refractivity contribution < 1.29 is 17.9 Å². The first kappa shape index (κ1) is 15.5. The third-order valence-corrected chi connectivity index (χ3v) is 5.18. The number of aryl methyl sites for hydroxylation is 2. The first-order valence-electron chi connectivity index (χ1n) is 5.97. The molecule has 0 bridgehead atoms. The molecule has 1 aromatic heterocycles. The minimum atomic E-state index is -3.80. The summed E-state index contributed by atoms with van der Waals surface area (Å²) in [6.07, 6.45) is 1.58. The van der Waals surface area contributed by atoms with Gasteiger partial charge in [-0.25, -0.2) is 18.2 Å². The van der Waals surface area contributed by atoms with Gasteiger partial charge in [-0.05, 0) is 31.5 Å². The number of benzene rings is 1. The molecule has 0 amide bonds. The van der Waals surface area contributed by atoms with Crippen molar-refractivity contribution in [2.75, 3.05) is 11.8 Å². The average Bonchev–Trinajstić information content (AvgIpc) is 2.82. The zero-order chi connectivity index (χ0) is 15.6. The molecule has 112 valence electrons. The lowest BCUT2D eigenvalue weighted by molar-refractivity contribution is 0.0600. The van der Waals surface area contributed by atoms with Crippen LogP contribution in [0.4, 0.5) is 5.13 Å². The first-order chi connectivity index (χ1) is 9.83. The second-order valence-corrected chi connectivity index (χ2v) is 7.24. The van der Waals surface area contributed by atoms with E-state index in [-0.39, 0.29) is 15.6 Å². The Hall–Kier alpha value is -1.93. The molecule has 0 aliphatic carbocycles. The Balaban J connectivity index is 2.41. The van der Waals surface area contributed by atoms with Crippen LogP contribution in [-0.2, 0) is 14.8 Å². The largest absolute Gasteiger partial charge is 0.465 e. The van der Waals surface area contributed by atoms with Crippen LogP contribution in [0.15, 0.2) is 29.3 Å². The highest BCUT2D eigenvalue weighted by Crippen LogP contribution is 2.23. The molecule has 1 aromatic carbocycles. The Kier molecular flexibility index (Phi) is 4.29. The Morgan fingerprint density at radius 1 is 1.33 bits per heavy atom. The van der Waals surface area contributed by atoms with E-state index in [1.807, 2.05) is 6.92 Å². The summed E-state index contributed by atoms with van der Waals surface area (Å²) in [6, 6.07) is 4.38. The van der Waals surface area contributed by atoms with Gasteiger partial charge in [-0.15, -0.1) is 11.3 Å². The minimum Gasteiger partial charge on any atom is -0.465 e. The SMILES string of the molecule is COC(=O)c1ccc(C)c(S(=O)(=O)Nc2ncc(C)s2)c1. The lowest BCUT2D eigenvalue weighted by Gasteiger charge is -2.09. The van der Waals surface area contributed by atoms with Gasteiger partial charge in [-0.1, -0.05) is 6.07 Å². The second kappa shape index (κ2) is 5.82. The fraction of sp³-hybridized carbons (Fsp3) is 0.231. The predicted octanol–water partition coefficient (Wildman–Crippen LogP) is 2.35. The molecular weight excluding hydrogens is 312 g/mol. The van der Waals surface area contributed by atoms with Gasteiger partial charge in [0.15, 0.2) is 5.13 Å². The number of nitrogens with one attached hydrogen (secondary N) is 1. The molecule has 8 heteroatoms. The lowest BCUT2D eigenvalue weighted by atomic mass is 10.1. The number of ether oxygens (including phenoxy) is 1. The number of methoxy groups -OCH3 is 1. The summed E-state index contributed by atoms with van der Waals surface area (Å²) >= 11 is 1.24. The highest BCUT2D eigenvalue weighted by atomic mass is 32.2. The van der Waals surface area contributed by atoms with E-state index in [1.54, 1.807) is 19.2 Å². The van der Waals surface area contributed by atoms with E-state index in [4.69, 9.17) is 0 Å². The number of carbonyl (C=O) groups excluding carboxylic acids is 1. The van der Waals surface area contributed by atoms with E-state index in [1.165, 1.54) is 30.6 Å². The number of hydrogen-bond acceptors (Lipinski definition) is 6. The van der Waals surface area contributed by atoms with Crippen molar-refractivity contribution in [3.63, 3.8) is 0 Å². The van der Waals surface area contributed by atoms with Crippen molar-refractivity contribution in [3.05, 3.63) is 40.4 Å². The molecule has 0 fully saturated rings. The highest BCUT2D eigenvalue weighted by Gasteiger charge is 2.20. The summed E-state index contributed by atoms with van der Waals surface area (Å²) in [5.41, 5.74) is 0.710. The van der Waals surface area contributed by atoms with Crippen molar-refractivity contribution >= 4 is 32.5 Å². The van der Waals surface area contributed by atoms with Crippen molar-refractivity contribution in [3.8, 4) is 0 Å². The van der Waals surface area contributed by atoms with Gasteiger partial charge < -0.3 is 4.74 Å². The van der Waals surface area contributed by atoms with Crippen molar-refractivity contribution in [2.24, 2.45) is 0 Å². The Bertz CT molecular complexity index is 781. The number of esters is 1. The first-order valence-corrected chi connectivity index (χ1v) is 8.27. The highest BCUT2D eigenvalue weighted by molar-refractivity contribution is 7.93. The van der Waals surface area contributed by atoms with E-state index in [9.17, 15) is 13.2 Å². The smallest absolute Gasteiger partial charge is 0.337 e. The van der Waals surface area contributed by atoms with Gasteiger partial charge in [0, 0.05) is 11.1 Å². The lowest BCUT2D eigenvalue weighted by Crippen LogP contribution is -2.15. The minimum absolute atomic E-state index is 0.0262. The molecule has 0 spiro atoms. The summed E-state index contributed by atoms with van der Waals surface area (Å²) in [4.78, 5) is 16.4. The maximum atomic E-state index is 12.4. The fourth-order valence-corrected chi connectivity index (χ4v) is 3.88. The maximum Gasteiger partial charge on any atom is 0.337 e. The van der Waals surface area contributed by atoms with Crippen molar-refractivity contribution in [2.45, 2.75) is 18.7 Å². The molecular formula is C13H14N2O4S2. The van der Waals surface area contributed by atoms with Crippen LogP contribution in [0.2, 0.25) is 0 Å². The number of hydrogen-bond donors (Lipinski definition) is 1. The van der Waals surface area contributed by atoms with E-state index in [0.29, 0.717) is 5.56 Å². The summed E-state index contributed by atoms with van der Waals surface area (Å²) in [7, 11) is -2.56. The van der Waals surface area contributed by atoms with Gasteiger partial charge in [0.2, 0.25) is 0 Å². The standard InChI is InChI=1S/C13H14N2O4S2/c1-8-4-5-10(12(16)19-3)6-11(8)21(17,18)15-13-14-7-9(2)20-13/h4-7H,1-3H3,(H,14,15). The maximum absolute atomic E-state index is 12.4. The number of nitrogens with zero attached hydrogens (tertiary/aromatic N) is 1. The molecule has 0 saturated heterocycles. The monoisotopic (exact) mass is 326 g/mol. The molecule has 0 aliphatic heterocycles. The third-order valence-electron chi connectivity index (χ3n) is 2.74. The summed E-state index contributed by atoms with van der Waals surface area (Å²) in [5, 5.41) is 0.287. The van der Waals surface area contributed by atoms with Gasteiger partial charge in [0.25, 0.3) is 10.0 Å². The molecule has 1 heterocycles. The number of carbonyl (C=O) groups is 1. The normalized spacial score (nSPS) is 11.2. The number of sulfonamides is 1. The van der Waals surface area contributed by atoms with Crippen LogP contribution in [0, 0.1) is 13.8 Å². The molecule has 2 aromatic rings. The van der Waals surface area contributed by atoms with Crippen LogP contribution in [0.5, 0.6) is 0 Å². The Morgan fingerprint density at radius 3 is 2.62 bits per heavy atom. The number of thiazole rings is 1. The Morgan fingerprint density at radius 2 is 2.05 bits per heavy atom. The van der Waals surface area contributed by atoms with Gasteiger partial charge in [-0.2, -0.15) is 0 Å². The zero-order valence-corrected chi connectivity index (χ0v) is 13.3. The molecule has 1 N–H and O–H groups in total. The van der Waals surface area contributed by atoms with Crippen LogP contribution < -0.4 is 4.72 Å². The van der Waals surface area contributed by atoms with Crippen molar-refractivity contribution in [1.82, 2.24) is 4.98 Å². The van der Waals surface area contributed by atoms with Gasteiger partial charge >= 0.3 is 5.97 Å². The van der Waals surface area contributed by atoms with Gasteiger partial charge in [0.05, 0.1) is 17.6 Å². The molecule has 0 unspecified atom stereocenters. The van der Waals surface area contributed by atoms with E-state index < -0.39 is 16.0 Å². The molecule has 0 atom stereocenters. The fourth-order valence-electron chi connectivity index (χ4n) is 1.71. The summed E-state index contributed by atoms with van der Waals surface area (Å²) in [6.45, 7) is 3.49. The summed E-state index contributed by atoms with van der Waals surface area (Å²) in [5.74, 6) is -0.587. The predicted molar refractivity (Wildman–Crippen MR) is 80.2 cm³/mol. The van der Waals surface area contributed by atoms with E-state index >= 15 is 0 Å². The molecule has 0 saturated carbocycles. The second-order valence-electron chi connectivity index (χ2n) is 4.35. The van der Waals surface area contributed by atoms with E-state index in [0.717, 1.165) is 4.88 Å². The zero-order valence-electron chi connectivity index (χ0n) is 11.7. The van der Waals surface area contributed by atoms with Crippen LogP contribution >= 0.6 is 11.3 Å². The molecule has 21 heavy (non-hydrogen) atoms. The van der Waals surface area contributed by atoms with E-state index in [2.05, 4.69) is 14.4 Å². The number of aromatic nitrogens is 1. The van der Waals surface area contributed by atoms with Crippen molar-refractivity contribution in [1.29, 1.82) is 0 Å². The van der Waals surface area contributed by atoms with Crippen LogP contribution in [0.25, 0.3) is 0 Å². The Labute approximate surface area is 126 Å². The number of anilines is 1. The van der Waals surface area contributed by atoms with Gasteiger partial charge in [-0.3, -0.25) is 4.72 Å². The van der Waals surface area contributed by atoms with Gasteiger partial charge in [0.1, 0.15) is 0 Å². The topological polar surface area (TPSA) is 85.4 Å². The number of rotatable bonds is 4. The average molecular weight is 326 g/mol. The third kappa shape index (κ3) is 3.40.